The van der Waals surface area contributed by atoms with Crippen molar-refractivity contribution in [1.29, 1.82) is 0 Å². The van der Waals surface area contributed by atoms with Crippen molar-refractivity contribution in [3.63, 3.8) is 0 Å². The fourth-order valence-corrected chi connectivity index (χ4v) is 6.66. The van der Waals surface area contributed by atoms with Crippen molar-refractivity contribution in [2.45, 2.75) is 76.5 Å². The summed E-state index contributed by atoms with van der Waals surface area (Å²) >= 11 is 0. The van der Waals surface area contributed by atoms with Crippen LogP contribution in [-0.2, 0) is 25.7 Å². The Hall–Kier alpha value is -5.02. The van der Waals surface area contributed by atoms with Crippen LogP contribution >= 0.6 is 0 Å². The average Bonchev–Trinajstić information content (AvgIpc) is 3.76. The molecule has 0 radical (unpaired) electrons. The lowest BCUT2D eigenvalue weighted by molar-refractivity contribution is -0.155. The molecule has 52 heavy (non-hydrogen) atoms. The number of rotatable bonds is 21. The Balaban J connectivity index is 1.25. The molecule has 1 aliphatic heterocycles. The molecule has 3 aromatic carbocycles. The van der Waals surface area contributed by atoms with Gasteiger partial charge in [0, 0.05) is 29.2 Å². The Bertz CT molecular complexity index is 1710. The molecule has 3 atom stereocenters. The van der Waals surface area contributed by atoms with Gasteiger partial charge in [0.1, 0.15) is 30.0 Å². The Kier molecular flexibility index (Phi) is 14.0. The van der Waals surface area contributed by atoms with E-state index < -0.39 is 17.9 Å². The number of carbonyl (C=O) groups is 3. The van der Waals surface area contributed by atoms with Crippen LogP contribution in [0.25, 0.3) is 6.08 Å². The third-order valence-corrected chi connectivity index (χ3v) is 9.58. The van der Waals surface area contributed by atoms with E-state index >= 15 is 0 Å². The Labute approximate surface area is 306 Å². The highest BCUT2D eigenvalue weighted by Crippen LogP contribution is 2.59. The summed E-state index contributed by atoms with van der Waals surface area (Å²) < 4.78 is 31.2. The Morgan fingerprint density at radius 3 is 2.42 bits per heavy atom. The lowest BCUT2D eigenvalue weighted by Gasteiger charge is -2.26. The minimum absolute atomic E-state index is 0.109. The Morgan fingerprint density at radius 1 is 0.904 bits per heavy atom. The van der Waals surface area contributed by atoms with Crippen LogP contribution in [0.2, 0.25) is 0 Å². The second-order valence-electron chi connectivity index (χ2n) is 13.5. The number of benzene rings is 3. The number of nitrogens with one attached hydrogen (secondary N) is 1. The number of unbranched alkanes of at least 4 members (excludes halogenated alkanes) is 5. The van der Waals surface area contributed by atoms with Gasteiger partial charge in [-0.15, -0.1) is 13.2 Å². The first-order chi connectivity index (χ1) is 25.3. The average molecular weight is 709 g/mol. The van der Waals surface area contributed by atoms with Gasteiger partial charge in [-0.05, 0) is 99.4 Å². The number of piperidine rings is 1. The maximum Gasteiger partial charge on any atom is 0.329 e. The SMILES string of the molecule is C=CCCCCC/C=C\c1cc(C(=O)NCC(=O)N2[C@H]3C[C@@]3(COCCCC=C)C[C@H]2C(=O)OCc2ccccc2)ccc1Oc1ccc(F)cc1. The third-order valence-electron chi connectivity index (χ3n) is 9.58. The molecular formula is C43H49FN2O6. The van der Waals surface area contributed by atoms with Crippen LogP contribution < -0.4 is 10.1 Å². The summed E-state index contributed by atoms with van der Waals surface area (Å²) in [5.74, 6) is -0.642. The number of allylic oxidation sites excluding steroid dienone is 3. The first kappa shape index (κ1) is 38.2. The van der Waals surface area contributed by atoms with E-state index in [1.54, 1.807) is 35.2 Å². The molecule has 1 heterocycles. The van der Waals surface area contributed by atoms with Gasteiger partial charge in [-0.1, -0.05) is 61.1 Å². The van der Waals surface area contributed by atoms with Crippen molar-refractivity contribution in [1.82, 2.24) is 10.2 Å². The monoisotopic (exact) mass is 708 g/mol. The van der Waals surface area contributed by atoms with E-state index in [9.17, 15) is 18.8 Å². The molecule has 5 rings (SSSR count). The van der Waals surface area contributed by atoms with Crippen LogP contribution in [0.15, 0.2) is 104 Å². The minimum Gasteiger partial charge on any atom is -0.459 e. The second-order valence-corrected chi connectivity index (χ2v) is 13.5. The number of likely N-dealkylation sites (tertiary alicyclic amines) is 1. The molecule has 0 spiro atoms. The fourth-order valence-electron chi connectivity index (χ4n) is 6.66. The zero-order valence-corrected chi connectivity index (χ0v) is 29.8. The lowest BCUT2D eigenvalue weighted by atomic mass is 10.0. The largest absolute Gasteiger partial charge is 0.459 e. The fraction of sp³-hybridized carbons (Fsp3) is 0.372. The molecule has 1 aliphatic carbocycles. The van der Waals surface area contributed by atoms with E-state index in [-0.39, 0.29) is 36.3 Å². The lowest BCUT2D eigenvalue weighted by Crippen LogP contribution is -2.48. The van der Waals surface area contributed by atoms with E-state index in [4.69, 9.17) is 14.2 Å². The predicted octanol–water partition coefficient (Wildman–Crippen LogP) is 8.58. The van der Waals surface area contributed by atoms with Crippen LogP contribution in [-0.4, -0.2) is 54.5 Å². The molecule has 0 aromatic heterocycles. The van der Waals surface area contributed by atoms with Gasteiger partial charge in [-0.3, -0.25) is 9.59 Å². The molecule has 2 aliphatic rings. The number of amides is 2. The number of hydrogen-bond donors (Lipinski definition) is 1. The molecular weight excluding hydrogens is 659 g/mol. The predicted molar refractivity (Wildman–Crippen MR) is 200 cm³/mol. The second kappa shape index (κ2) is 19.0. The van der Waals surface area contributed by atoms with E-state index in [1.165, 1.54) is 12.1 Å². The highest BCUT2D eigenvalue weighted by Gasteiger charge is 2.67. The summed E-state index contributed by atoms with van der Waals surface area (Å²) in [5, 5.41) is 2.77. The summed E-state index contributed by atoms with van der Waals surface area (Å²) in [6, 6.07) is 19.2. The molecule has 3 aromatic rings. The van der Waals surface area contributed by atoms with E-state index in [1.807, 2.05) is 54.6 Å². The standard InChI is InChI=1S/C43H49FN2O6/c1-3-5-7-8-9-10-14-18-33-26-34(19-24-38(33)52-36-22-20-35(44)21-23-36)41(48)45-29-40(47)46-37(42(49)51-30-32-16-12-11-13-17-32)27-43(28-39(43)46)31-50-25-15-6-4-2/h3-4,11-14,16-24,26,37,39H,1-2,5-10,15,25,27-31H2,(H,45,48)/b18-14-/t37-,39-,43+/m0/s1. The molecule has 1 N–H and O–H groups in total. The molecule has 8 nitrogen and oxygen atoms in total. The van der Waals surface area contributed by atoms with Crippen LogP contribution in [0, 0.1) is 11.2 Å². The van der Waals surface area contributed by atoms with E-state index in [2.05, 4.69) is 18.5 Å². The van der Waals surface area contributed by atoms with Gasteiger partial charge in [0.25, 0.3) is 5.91 Å². The minimum atomic E-state index is -0.764. The first-order valence-electron chi connectivity index (χ1n) is 18.2. The van der Waals surface area contributed by atoms with Gasteiger partial charge in [0.05, 0.1) is 13.2 Å². The van der Waals surface area contributed by atoms with Gasteiger partial charge in [0.2, 0.25) is 5.91 Å². The number of hydrogen-bond acceptors (Lipinski definition) is 6. The van der Waals surface area contributed by atoms with E-state index in [0.29, 0.717) is 42.3 Å². The van der Waals surface area contributed by atoms with Gasteiger partial charge in [-0.25, -0.2) is 9.18 Å². The molecule has 2 amide bonds. The van der Waals surface area contributed by atoms with Crippen molar-refractivity contribution in [2.75, 3.05) is 19.8 Å². The molecule has 1 saturated carbocycles. The smallest absolute Gasteiger partial charge is 0.329 e. The number of carbonyl (C=O) groups excluding carboxylic acids is 3. The van der Waals surface area contributed by atoms with Crippen molar-refractivity contribution >= 4 is 23.9 Å². The summed E-state index contributed by atoms with van der Waals surface area (Å²) in [7, 11) is 0. The summed E-state index contributed by atoms with van der Waals surface area (Å²) in [6.07, 6.45) is 15.7. The van der Waals surface area contributed by atoms with Crippen LogP contribution in [0.4, 0.5) is 4.39 Å². The topological polar surface area (TPSA) is 94.2 Å². The van der Waals surface area contributed by atoms with Crippen molar-refractivity contribution in [3.05, 3.63) is 127 Å². The number of fused-ring (bicyclic) bond motifs is 1. The maximum atomic E-state index is 13.8. The summed E-state index contributed by atoms with van der Waals surface area (Å²) in [6.45, 7) is 8.38. The highest BCUT2D eigenvalue weighted by atomic mass is 19.1. The number of nitrogens with zero attached hydrogens (tertiary/aromatic N) is 1. The zero-order valence-electron chi connectivity index (χ0n) is 29.8. The first-order valence-corrected chi connectivity index (χ1v) is 18.2. The number of esters is 1. The van der Waals surface area contributed by atoms with Crippen molar-refractivity contribution in [3.8, 4) is 11.5 Å². The molecule has 2 fully saturated rings. The van der Waals surface area contributed by atoms with Gasteiger partial charge in [0.15, 0.2) is 0 Å². The molecule has 0 unspecified atom stereocenters. The van der Waals surface area contributed by atoms with E-state index in [0.717, 1.165) is 56.9 Å². The normalized spacial score (nSPS) is 18.8. The highest BCUT2D eigenvalue weighted by molar-refractivity contribution is 5.98. The van der Waals surface area contributed by atoms with Crippen molar-refractivity contribution in [2.24, 2.45) is 5.41 Å². The summed E-state index contributed by atoms with van der Waals surface area (Å²) in [4.78, 5) is 42.2. The molecule has 9 heteroatoms. The quantitative estimate of drug-likeness (QED) is 0.0677. The van der Waals surface area contributed by atoms with Crippen LogP contribution in [0.5, 0.6) is 11.5 Å². The third kappa shape index (κ3) is 10.5. The molecule has 274 valence electrons. The zero-order chi connectivity index (χ0) is 36.8. The van der Waals surface area contributed by atoms with Gasteiger partial charge < -0.3 is 24.4 Å². The number of halogens is 1. The molecule has 0 bridgehead atoms. The van der Waals surface area contributed by atoms with Gasteiger partial charge >= 0.3 is 5.97 Å². The Morgan fingerprint density at radius 2 is 1.65 bits per heavy atom. The van der Waals surface area contributed by atoms with Crippen LogP contribution in [0.3, 0.4) is 0 Å². The summed E-state index contributed by atoms with van der Waals surface area (Å²) in [5.41, 5.74) is 1.57. The number of ether oxygens (including phenoxy) is 3. The van der Waals surface area contributed by atoms with Crippen LogP contribution in [0.1, 0.15) is 79.3 Å². The van der Waals surface area contributed by atoms with Gasteiger partial charge in [-0.2, -0.15) is 0 Å². The van der Waals surface area contributed by atoms with Crippen molar-refractivity contribution < 1.29 is 33.0 Å². The maximum absolute atomic E-state index is 13.8. The molecule has 1 saturated heterocycles.